The van der Waals surface area contributed by atoms with E-state index in [0.29, 0.717) is 11.3 Å². The maximum absolute atomic E-state index is 13.9. The Hall–Kier alpha value is -1.97. The molecule has 94 valence electrons. The molecule has 0 saturated carbocycles. The van der Waals surface area contributed by atoms with E-state index in [1.54, 1.807) is 13.0 Å². The Kier molecular flexibility index (Phi) is 3.28. The predicted octanol–water partition coefficient (Wildman–Crippen LogP) is 3.66. The first-order valence-corrected chi connectivity index (χ1v) is 5.52. The highest BCUT2D eigenvalue weighted by molar-refractivity contribution is 5.77. The van der Waals surface area contributed by atoms with E-state index in [9.17, 15) is 13.6 Å². The molecule has 0 aliphatic rings. The van der Waals surface area contributed by atoms with Gasteiger partial charge in [0, 0.05) is 0 Å². The SMILES string of the molecule is CC(=O)Cc1ccc(-c2c(F)ccc(C)c2F)o1. The fourth-order valence-corrected chi connectivity index (χ4v) is 1.74. The number of halogens is 2. The van der Waals surface area contributed by atoms with Crippen molar-refractivity contribution in [3.05, 3.63) is 47.2 Å². The number of hydrogen-bond acceptors (Lipinski definition) is 2. The van der Waals surface area contributed by atoms with Crippen LogP contribution in [0.25, 0.3) is 11.3 Å². The second-order valence-electron chi connectivity index (χ2n) is 4.20. The zero-order valence-corrected chi connectivity index (χ0v) is 10.1. The van der Waals surface area contributed by atoms with Gasteiger partial charge >= 0.3 is 0 Å². The van der Waals surface area contributed by atoms with Crippen LogP contribution in [0, 0.1) is 18.6 Å². The van der Waals surface area contributed by atoms with Crippen molar-refractivity contribution in [1.29, 1.82) is 0 Å². The van der Waals surface area contributed by atoms with Crippen molar-refractivity contribution in [2.24, 2.45) is 0 Å². The van der Waals surface area contributed by atoms with Crippen molar-refractivity contribution >= 4 is 5.78 Å². The standard InChI is InChI=1S/C14H12F2O2/c1-8-3-5-11(15)13(14(8)16)12-6-4-10(18-12)7-9(2)17/h3-6H,7H2,1-2H3. The van der Waals surface area contributed by atoms with Gasteiger partial charge in [0.15, 0.2) is 0 Å². The minimum absolute atomic E-state index is 0.0684. The lowest BCUT2D eigenvalue weighted by Gasteiger charge is -2.04. The molecule has 0 amide bonds. The van der Waals surface area contributed by atoms with Crippen molar-refractivity contribution in [3.63, 3.8) is 0 Å². The van der Waals surface area contributed by atoms with E-state index < -0.39 is 11.6 Å². The van der Waals surface area contributed by atoms with Gasteiger partial charge in [-0.25, -0.2) is 8.78 Å². The second kappa shape index (κ2) is 4.72. The van der Waals surface area contributed by atoms with Gasteiger partial charge in [0.2, 0.25) is 0 Å². The number of carbonyl (C=O) groups is 1. The molecule has 1 aromatic carbocycles. The summed E-state index contributed by atoms with van der Waals surface area (Å²) in [6.07, 6.45) is 0.120. The van der Waals surface area contributed by atoms with Gasteiger partial charge in [-0.2, -0.15) is 0 Å². The van der Waals surface area contributed by atoms with E-state index in [-0.39, 0.29) is 23.5 Å². The molecule has 0 fully saturated rings. The summed E-state index contributed by atoms with van der Waals surface area (Å²) in [5.74, 6) is -0.885. The monoisotopic (exact) mass is 250 g/mol. The number of Topliss-reactive ketones (excluding diaryl/α,β-unsaturated/α-hetero) is 1. The average Bonchev–Trinajstić information content (AvgIpc) is 2.71. The summed E-state index contributed by atoms with van der Waals surface area (Å²) in [5.41, 5.74) is 0.153. The van der Waals surface area contributed by atoms with Gasteiger partial charge in [0.1, 0.15) is 28.9 Å². The Labute approximate surface area is 103 Å². The lowest BCUT2D eigenvalue weighted by Crippen LogP contribution is -1.94. The van der Waals surface area contributed by atoms with Crippen LogP contribution in [0.15, 0.2) is 28.7 Å². The quantitative estimate of drug-likeness (QED) is 0.832. The minimum atomic E-state index is -0.679. The summed E-state index contributed by atoms with van der Waals surface area (Å²) in [4.78, 5) is 10.9. The number of carbonyl (C=O) groups excluding carboxylic acids is 1. The zero-order chi connectivity index (χ0) is 13.3. The van der Waals surface area contributed by atoms with E-state index in [4.69, 9.17) is 4.42 Å². The molecule has 2 rings (SSSR count). The number of benzene rings is 1. The molecule has 0 unspecified atom stereocenters. The minimum Gasteiger partial charge on any atom is -0.460 e. The molecule has 0 radical (unpaired) electrons. The van der Waals surface area contributed by atoms with Crippen LogP contribution >= 0.6 is 0 Å². The maximum Gasteiger partial charge on any atom is 0.140 e. The molecule has 0 N–H and O–H groups in total. The highest BCUT2D eigenvalue weighted by atomic mass is 19.1. The van der Waals surface area contributed by atoms with Gasteiger partial charge < -0.3 is 4.42 Å². The fraction of sp³-hybridized carbons (Fsp3) is 0.214. The number of hydrogen-bond donors (Lipinski definition) is 0. The van der Waals surface area contributed by atoms with Gasteiger partial charge in [-0.15, -0.1) is 0 Å². The first-order valence-electron chi connectivity index (χ1n) is 5.52. The van der Waals surface area contributed by atoms with Crippen LogP contribution < -0.4 is 0 Å². The first kappa shape index (κ1) is 12.5. The third-order valence-electron chi connectivity index (χ3n) is 2.62. The molecule has 0 bridgehead atoms. The van der Waals surface area contributed by atoms with E-state index in [1.165, 1.54) is 25.1 Å². The number of ketones is 1. The number of aryl methyl sites for hydroxylation is 1. The van der Waals surface area contributed by atoms with Gasteiger partial charge in [0.25, 0.3) is 0 Å². The molecule has 2 nitrogen and oxygen atoms in total. The molecule has 0 saturated heterocycles. The Balaban J connectivity index is 2.46. The van der Waals surface area contributed by atoms with E-state index >= 15 is 0 Å². The van der Waals surface area contributed by atoms with Crippen LogP contribution in [0.1, 0.15) is 18.2 Å². The Morgan fingerprint density at radius 3 is 2.61 bits per heavy atom. The van der Waals surface area contributed by atoms with Crippen molar-refractivity contribution < 1.29 is 18.0 Å². The topological polar surface area (TPSA) is 30.2 Å². The molecule has 1 aromatic heterocycles. The van der Waals surface area contributed by atoms with Crippen LogP contribution in [-0.4, -0.2) is 5.78 Å². The Morgan fingerprint density at radius 1 is 1.22 bits per heavy atom. The van der Waals surface area contributed by atoms with Crippen molar-refractivity contribution in [1.82, 2.24) is 0 Å². The molecule has 0 spiro atoms. The highest BCUT2D eigenvalue weighted by Gasteiger charge is 2.17. The molecule has 0 atom stereocenters. The van der Waals surface area contributed by atoms with Gasteiger partial charge in [-0.1, -0.05) is 6.07 Å². The third kappa shape index (κ3) is 2.32. The lowest BCUT2D eigenvalue weighted by atomic mass is 10.1. The van der Waals surface area contributed by atoms with Crippen molar-refractivity contribution in [2.75, 3.05) is 0 Å². The molecular formula is C14H12F2O2. The molecule has 2 aromatic rings. The van der Waals surface area contributed by atoms with Crippen LogP contribution in [0.2, 0.25) is 0 Å². The molecule has 4 heteroatoms. The molecule has 18 heavy (non-hydrogen) atoms. The van der Waals surface area contributed by atoms with Crippen LogP contribution in [0.4, 0.5) is 8.78 Å². The maximum atomic E-state index is 13.9. The lowest BCUT2D eigenvalue weighted by molar-refractivity contribution is -0.116. The van der Waals surface area contributed by atoms with Gasteiger partial charge in [-0.05, 0) is 37.6 Å². The molecule has 0 aliphatic carbocycles. The summed E-state index contributed by atoms with van der Waals surface area (Å²) in [6.45, 7) is 2.98. The summed E-state index contributed by atoms with van der Waals surface area (Å²) < 4.78 is 32.8. The smallest absolute Gasteiger partial charge is 0.140 e. The zero-order valence-electron chi connectivity index (χ0n) is 10.1. The van der Waals surface area contributed by atoms with E-state index in [1.807, 2.05) is 0 Å². The first-order chi connectivity index (χ1) is 8.49. The molecule has 1 heterocycles. The Morgan fingerprint density at radius 2 is 1.94 bits per heavy atom. The molecule has 0 aliphatic heterocycles. The van der Waals surface area contributed by atoms with Gasteiger partial charge in [0.05, 0.1) is 12.0 Å². The summed E-state index contributed by atoms with van der Waals surface area (Å²) in [7, 11) is 0. The fourth-order valence-electron chi connectivity index (χ4n) is 1.74. The normalized spacial score (nSPS) is 10.7. The van der Waals surface area contributed by atoms with Gasteiger partial charge in [-0.3, -0.25) is 4.79 Å². The summed E-state index contributed by atoms with van der Waals surface area (Å²) in [5, 5.41) is 0. The number of furan rings is 1. The van der Waals surface area contributed by atoms with E-state index in [0.717, 1.165) is 0 Å². The van der Waals surface area contributed by atoms with Crippen LogP contribution in [-0.2, 0) is 11.2 Å². The Bertz CT molecular complexity index is 600. The average molecular weight is 250 g/mol. The van der Waals surface area contributed by atoms with Crippen LogP contribution in [0.5, 0.6) is 0 Å². The third-order valence-corrected chi connectivity index (χ3v) is 2.62. The predicted molar refractivity (Wildman–Crippen MR) is 63.2 cm³/mol. The highest BCUT2D eigenvalue weighted by Crippen LogP contribution is 2.29. The van der Waals surface area contributed by atoms with Crippen molar-refractivity contribution in [3.8, 4) is 11.3 Å². The summed E-state index contributed by atoms with van der Waals surface area (Å²) >= 11 is 0. The van der Waals surface area contributed by atoms with E-state index in [2.05, 4.69) is 0 Å². The van der Waals surface area contributed by atoms with Crippen molar-refractivity contribution in [2.45, 2.75) is 20.3 Å². The number of rotatable bonds is 3. The summed E-state index contributed by atoms with van der Waals surface area (Å²) in [6, 6.07) is 5.59. The second-order valence-corrected chi connectivity index (χ2v) is 4.20. The largest absolute Gasteiger partial charge is 0.460 e. The van der Waals surface area contributed by atoms with Crippen LogP contribution in [0.3, 0.4) is 0 Å². The molecular weight excluding hydrogens is 238 g/mol.